The summed E-state index contributed by atoms with van der Waals surface area (Å²) in [5, 5.41) is 4.89. The van der Waals surface area contributed by atoms with Crippen LogP contribution in [0.1, 0.15) is 11.8 Å². The van der Waals surface area contributed by atoms with E-state index in [0.29, 0.717) is 18.8 Å². The van der Waals surface area contributed by atoms with Crippen molar-refractivity contribution in [3.8, 4) is 5.75 Å². The maximum atomic E-state index is 13.4. The van der Waals surface area contributed by atoms with Gasteiger partial charge in [-0.05, 0) is 48.5 Å². The second-order valence-electron chi connectivity index (χ2n) is 8.05. The summed E-state index contributed by atoms with van der Waals surface area (Å²) in [6, 6.07) is 14.1. The van der Waals surface area contributed by atoms with Crippen LogP contribution in [0.5, 0.6) is 5.75 Å². The van der Waals surface area contributed by atoms with Crippen molar-refractivity contribution in [1.82, 2.24) is 10.2 Å². The maximum Gasteiger partial charge on any atom is 0.313 e. The highest BCUT2D eigenvalue weighted by Crippen LogP contribution is 2.25. The number of methoxy groups -OCH3 is 1. The summed E-state index contributed by atoms with van der Waals surface area (Å²) in [5.41, 5.74) is 1.09. The zero-order valence-electron chi connectivity index (χ0n) is 19.2. The fraction of sp³-hybridized carbons (Fsp3) is 0.280. The molecule has 1 aliphatic rings. The van der Waals surface area contributed by atoms with E-state index in [2.05, 4.69) is 20.4 Å². The van der Waals surface area contributed by atoms with E-state index in [1.54, 1.807) is 19.4 Å². The summed E-state index contributed by atoms with van der Waals surface area (Å²) in [5.74, 6) is -2.55. The number of furan rings is 1. The van der Waals surface area contributed by atoms with Gasteiger partial charge < -0.3 is 24.7 Å². The molecule has 0 aliphatic carbocycles. The lowest BCUT2D eigenvalue weighted by atomic mass is 10.1. The van der Waals surface area contributed by atoms with Crippen molar-refractivity contribution in [2.24, 2.45) is 0 Å². The molecule has 3 aromatic rings. The van der Waals surface area contributed by atoms with Crippen molar-refractivity contribution in [2.45, 2.75) is 6.04 Å². The number of nitrogens with one attached hydrogen (secondary N) is 2. The number of halogens is 2. The average molecular weight is 485 g/mol. The van der Waals surface area contributed by atoms with Gasteiger partial charge in [-0.1, -0.05) is 0 Å². The fourth-order valence-electron chi connectivity index (χ4n) is 4.01. The number of nitrogens with zero attached hydrogens (tertiary/aromatic N) is 2. The molecule has 1 atom stereocenters. The molecule has 8 nitrogen and oxygen atoms in total. The lowest BCUT2D eigenvalue weighted by Gasteiger charge is -2.39. The number of hydrogen-bond donors (Lipinski definition) is 2. The van der Waals surface area contributed by atoms with Crippen LogP contribution in [-0.2, 0) is 9.59 Å². The van der Waals surface area contributed by atoms with E-state index in [1.165, 1.54) is 6.07 Å². The van der Waals surface area contributed by atoms with Crippen LogP contribution < -0.4 is 20.3 Å². The standard InChI is InChI=1S/C25H26F2N4O4/c1-34-19-7-5-18(6-8-19)30-10-12-31(13-11-30)22(23-3-2-14-35-23)16-28-24(32)25(33)29-17-4-9-20(26)21(27)15-17/h2-9,14-15,22H,10-13,16H2,1H3,(H,28,32)(H,29,33). The lowest BCUT2D eigenvalue weighted by Crippen LogP contribution is -2.50. The van der Waals surface area contributed by atoms with Gasteiger partial charge in [-0.25, -0.2) is 8.78 Å². The van der Waals surface area contributed by atoms with Crippen LogP contribution in [0.25, 0.3) is 0 Å². The van der Waals surface area contributed by atoms with E-state index in [4.69, 9.17) is 9.15 Å². The molecule has 2 N–H and O–H groups in total. The molecule has 1 aromatic heterocycles. The molecule has 1 unspecified atom stereocenters. The monoisotopic (exact) mass is 484 g/mol. The summed E-state index contributed by atoms with van der Waals surface area (Å²) >= 11 is 0. The zero-order chi connectivity index (χ0) is 24.8. The van der Waals surface area contributed by atoms with Crippen molar-refractivity contribution >= 4 is 23.2 Å². The highest BCUT2D eigenvalue weighted by molar-refractivity contribution is 6.39. The predicted octanol–water partition coefficient (Wildman–Crippen LogP) is 3.18. The predicted molar refractivity (Wildman–Crippen MR) is 126 cm³/mol. The molecule has 184 valence electrons. The van der Waals surface area contributed by atoms with Crippen LogP contribution in [0.4, 0.5) is 20.2 Å². The third-order valence-corrected chi connectivity index (χ3v) is 5.90. The largest absolute Gasteiger partial charge is 0.497 e. The second-order valence-corrected chi connectivity index (χ2v) is 8.05. The zero-order valence-corrected chi connectivity index (χ0v) is 19.2. The van der Waals surface area contributed by atoms with Crippen molar-refractivity contribution < 1.29 is 27.5 Å². The van der Waals surface area contributed by atoms with Crippen molar-refractivity contribution in [3.63, 3.8) is 0 Å². The van der Waals surface area contributed by atoms with Crippen molar-refractivity contribution in [3.05, 3.63) is 78.3 Å². The number of rotatable bonds is 7. The minimum atomic E-state index is -1.12. The molecular weight excluding hydrogens is 458 g/mol. The molecule has 35 heavy (non-hydrogen) atoms. The Bertz CT molecular complexity index is 1150. The Morgan fingerprint density at radius 3 is 2.37 bits per heavy atom. The van der Waals surface area contributed by atoms with E-state index in [-0.39, 0.29) is 18.3 Å². The Morgan fingerprint density at radius 1 is 1.00 bits per heavy atom. The summed E-state index contributed by atoms with van der Waals surface area (Å²) < 4.78 is 37.3. The van der Waals surface area contributed by atoms with Gasteiger partial charge in [-0.15, -0.1) is 0 Å². The molecule has 2 heterocycles. The number of amides is 2. The van der Waals surface area contributed by atoms with E-state index in [9.17, 15) is 18.4 Å². The first-order valence-corrected chi connectivity index (χ1v) is 11.2. The van der Waals surface area contributed by atoms with E-state index >= 15 is 0 Å². The molecule has 0 radical (unpaired) electrons. The molecule has 1 aliphatic heterocycles. The molecule has 10 heteroatoms. The van der Waals surface area contributed by atoms with Crippen LogP contribution in [0.15, 0.2) is 65.3 Å². The first-order chi connectivity index (χ1) is 16.9. The van der Waals surface area contributed by atoms with Gasteiger partial charge in [0, 0.05) is 50.2 Å². The van der Waals surface area contributed by atoms with Crippen LogP contribution in [0, 0.1) is 11.6 Å². The molecule has 4 rings (SSSR count). The van der Waals surface area contributed by atoms with Gasteiger partial charge in [0.25, 0.3) is 0 Å². The molecular formula is C25H26F2N4O4. The summed E-state index contributed by atoms with van der Waals surface area (Å²) in [6.07, 6.45) is 1.56. The number of hydrogen-bond acceptors (Lipinski definition) is 6. The maximum absolute atomic E-state index is 13.4. The van der Waals surface area contributed by atoms with Gasteiger partial charge in [-0.3, -0.25) is 14.5 Å². The van der Waals surface area contributed by atoms with Crippen LogP contribution >= 0.6 is 0 Å². The second kappa shape index (κ2) is 11.0. The SMILES string of the molecule is COc1ccc(N2CCN(C(CNC(=O)C(=O)Nc3ccc(F)c(F)c3)c3ccco3)CC2)cc1. The lowest BCUT2D eigenvalue weighted by molar-refractivity contribution is -0.136. The van der Waals surface area contributed by atoms with E-state index in [0.717, 1.165) is 36.7 Å². The van der Waals surface area contributed by atoms with E-state index in [1.807, 2.05) is 30.3 Å². The van der Waals surface area contributed by atoms with Gasteiger partial charge >= 0.3 is 11.8 Å². The first kappa shape index (κ1) is 24.2. The van der Waals surface area contributed by atoms with Crippen molar-refractivity contribution in [2.75, 3.05) is 50.1 Å². The van der Waals surface area contributed by atoms with Gasteiger partial charge in [-0.2, -0.15) is 0 Å². The summed E-state index contributed by atoms with van der Waals surface area (Å²) in [7, 11) is 1.63. The van der Waals surface area contributed by atoms with Gasteiger partial charge in [0.2, 0.25) is 0 Å². The normalized spacial score (nSPS) is 14.9. The van der Waals surface area contributed by atoms with Crippen LogP contribution in [0.3, 0.4) is 0 Å². The minimum Gasteiger partial charge on any atom is -0.497 e. The Morgan fingerprint density at radius 2 is 1.74 bits per heavy atom. The summed E-state index contributed by atoms with van der Waals surface area (Å²) in [6.45, 7) is 3.12. The third kappa shape index (κ3) is 5.96. The smallest absolute Gasteiger partial charge is 0.313 e. The van der Waals surface area contributed by atoms with E-state index < -0.39 is 23.4 Å². The van der Waals surface area contributed by atoms with Gasteiger partial charge in [0.1, 0.15) is 11.5 Å². The molecule has 2 amide bonds. The average Bonchev–Trinajstić information content (AvgIpc) is 3.41. The van der Waals surface area contributed by atoms with Crippen molar-refractivity contribution in [1.29, 1.82) is 0 Å². The molecule has 1 fully saturated rings. The van der Waals surface area contributed by atoms with Gasteiger partial charge in [0.15, 0.2) is 11.6 Å². The number of carbonyl (C=O) groups is 2. The first-order valence-electron chi connectivity index (χ1n) is 11.2. The number of anilines is 2. The third-order valence-electron chi connectivity index (χ3n) is 5.90. The Labute approximate surface area is 201 Å². The Balaban J connectivity index is 1.35. The highest BCUT2D eigenvalue weighted by atomic mass is 19.2. The highest BCUT2D eigenvalue weighted by Gasteiger charge is 2.28. The van der Waals surface area contributed by atoms with Crippen LogP contribution in [0.2, 0.25) is 0 Å². The topological polar surface area (TPSA) is 87.0 Å². The number of carbonyl (C=O) groups excluding carboxylic acids is 2. The molecule has 2 aromatic carbocycles. The minimum absolute atomic E-state index is 0.0127. The number of benzene rings is 2. The fourth-order valence-corrected chi connectivity index (χ4v) is 4.01. The summed E-state index contributed by atoms with van der Waals surface area (Å²) in [4.78, 5) is 29.1. The quantitative estimate of drug-likeness (QED) is 0.501. The Kier molecular flexibility index (Phi) is 7.61. The molecule has 0 saturated carbocycles. The molecule has 1 saturated heterocycles. The van der Waals surface area contributed by atoms with Crippen LogP contribution in [-0.4, -0.2) is 56.5 Å². The molecule has 0 spiro atoms. The Hall–Kier alpha value is -3.92. The number of ether oxygens (including phenoxy) is 1. The number of piperazine rings is 1. The van der Waals surface area contributed by atoms with Gasteiger partial charge in [0.05, 0.1) is 19.4 Å². The molecule has 0 bridgehead atoms.